The normalized spacial score (nSPS) is 11.5. The van der Waals surface area contributed by atoms with Crippen molar-refractivity contribution < 1.29 is 29.3 Å². The fourth-order valence-electron chi connectivity index (χ4n) is 1.49. The van der Waals surface area contributed by atoms with E-state index in [9.17, 15) is 9.59 Å². The number of hydrogen-bond acceptors (Lipinski definition) is 5. The maximum absolute atomic E-state index is 12.0. The summed E-state index contributed by atoms with van der Waals surface area (Å²) in [6, 6.07) is 3.34. The molecule has 1 atom stereocenters. The fourth-order valence-corrected chi connectivity index (χ4v) is 1.49. The molecule has 0 aliphatic heterocycles. The van der Waals surface area contributed by atoms with Crippen molar-refractivity contribution in [2.75, 3.05) is 20.8 Å². The minimum atomic E-state index is -1.39. The molecule has 1 aromatic carbocycles. The van der Waals surface area contributed by atoms with Crippen LogP contribution in [0.2, 0.25) is 0 Å². The molecule has 0 aliphatic carbocycles. The third-order valence-electron chi connectivity index (χ3n) is 2.44. The van der Waals surface area contributed by atoms with Crippen molar-refractivity contribution in [3.05, 3.63) is 23.8 Å². The first-order chi connectivity index (χ1) is 9.04. The third-order valence-corrected chi connectivity index (χ3v) is 2.44. The Bertz CT molecular complexity index is 451. The van der Waals surface area contributed by atoms with Gasteiger partial charge in [0.2, 0.25) is 0 Å². The van der Waals surface area contributed by atoms with Gasteiger partial charge in [-0.2, -0.15) is 0 Å². The Balaban J connectivity index is 3.07. The van der Waals surface area contributed by atoms with Crippen molar-refractivity contribution in [1.29, 1.82) is 0 Å². The number of aliphatic carboxylic acids is 1. The van der Waals surface area contributed by atoms with E-state index in [-0.39, 0.29) is 17.1 Å². The van der Waals surface area contributed by atoms with Gasteiger partial charge in [-0.1, -0.05) is 6.07 Å². The molecule has 1 aromatic rings. The highest BCUT2D eigenvalue weighted by Gasteiger charge is 2.24. The van der Waals surface area contributed by atoms with E-state index in [1.165, 1.54) is 14.2 Å². The lowest BCUT2D eigenvalue weighted by Gasteiger charge is -2.15. The second-order valence-electron chi connectivity index (χ2n) is 3.58. The van der Waals surface area contributed by atoms with Crippen LogP contribution in [0, 0.1) is 0 Å². The number of rotatable bonds is 6. The zero-order chi connectivity index (χ0) is 14.4. The lowest BCUT2D eigenvalue weighted by Crippen LogP contribution is -2.43. The van der Waals surface area contributed by atoms with Gasteiger partial charge in [-0.15, -0.1) is 0 Å². The summed E-state index contributed by atoms with van der Waals surface area (Å²) in [4.78, 5) is 22.8. The molecule has 0 aliphatic rings. The van der Waals surface area contributed by atoms with Gasteiger partial charge < -0.3 is 25.0 Å². The number of carbonyl (C=O) groups excluding carboxylic acids is 1. The highest BCUT2D eigenvalue weighted by Crippen LogP contribution is 2.27. The Morgan fingerprint density at radius 2 is 1.79 bits per heavy atom. The quantitative estimate of drug-likeness (QED) is 0.665. The number of ether oxygens (including phenoxy) is 2. The third kappa shape index (κ3) is 3.35. The molecular formula is C12H15NO6. The van der Waals surface area contributed by atoms with Crippen molar-refractivity contribution in [3.63, 3.8) is 0 Å². The van der Waals surface area contributed by atoms with Crippen LogP contribution in [0.5, 0.6) is 11.5 Å². The van der Waals surface area contributed by atoms with Crippen molar-refractivity contribution in [3.8, 4) is 11.5 Å². The molecule has 7 heteroatoms. The minimum Gasteiger partial charge on any atom is -0.496 e. The van der Waals surface area contributed by atoms with E-state index in [1.54, 1.807) is 18.2 Å². The summed E-state index contributed by atoms with van der Waals surface area (Å²) in [5.74, 6) is -1.53. The van der Waals surface area contributed by atoms with E-state index in [0.717, 1.165) is 0 Å². The average Bonchev–Trinajstić information content (AvgIpc) is 2.42. The van der Waals surface area contributed by atoms with Gasteiger partial charge in [0.05, 0.1) is 20.8 Å². The first-order valence-corrected chi connectivity index (χ1v) is 5.40. The molecular weight excluding hydrogens is 254 g/mol. The smallest absolute Gasteiger partial charge is 0.328 e. The summed E-state index contributed by atoms with van der Waals surface area (Å²) < 4.78 is 10.1. The number of benzene rings is 1. The number of hydrogen-bond donors (Lipinski definition) is 3. The lowest BCUT2D eigenvalue weighted by atomic mass is 10.1. The number of carbonyl (C=O) groups is 2. The van der Waals surface area contributed by atoms with Crippen LogP contribution in [0.1, 0.15) is 10.4 Å². The van der Waals surface area contributed by atoms with Gasteiger partial charge in [0.15, 0.2) is 6.04 Å². The van der Waals surface area contributed by atoms with Crippen LogP contribution >= 0.6 is 0 Å². The number of nitrogens with one attached hydrogen (secondary N) is 1. The molecule has 7 nitrogen and oxygen atoms in total. The number of aliphatic hydroxyl groups is 1. The second-order valence-corrected chi connectivity index (χ2v) is 3.58. The molecule has 3 N–H and O–H groups in total. The Morgan fingerprint density at radius 3 is 2.16 bits per heavy atom. The summed E-state index contributed by atoms with van der Waals surface area (Å²) >= 11 is 0. The van der Waals surface area contributed by atoms with Gasteiger partial charge >= 0.3 is 5.97 Å². The molecule has 0 unspecified atom stereocenters. The van der Waals surface area contributed by atoms with Crippen LogP contribution in [0.25, 0.3) is 0 Å². The maximum Gasteiger partial charge on any atom is 0.328 e. The van der Waals surface area contributed by atoms with Crippen LogP contribution in [0.15, 0.2) is 18.2 Å². The zero-order valence-electron chi connectivity index (χ0n) is 10.5. The average molecular weight is 269 g/mol. The second kappa shape index (κ2) is 6.60. The predicted molar refractivity (Wildman–Crippen MR) is 65.5 cm³/mol. The monoisotopic (exact) mass is 269 g/mol. The van der Waals surface area contributed by atoms with Crippen LogP contribution in [0.4, 0.5) is 0 Å². The van der Waals surface area contributed by atoms with Gasteiger partial charge in [-0.05, 0) is 12.1 Å². The van der Waals surface area contributed by atoms with Crippen molar-refractivity contribution in [2.24, 2.45) is 0 Å². The summed E-state index contributed by atoms with van der Waals surface area (Å²) in [5.41, 5.74) is 0.0761. The topological polar surface area (TPSA) is 105 Å². The molecule has 1 rings (SSSR count). The van der Waals surface area contributed by atoms with Crippen molar-refractivity contribution in [2.45, 2.75) is 6.04 Å². The Hall–Kier alpha value is -2.28. The molecule has 19 heavy (non-hydrogen) atoms. The Kier molecular flexibility index (Phi) is 5.13. The highest BCUT2D eigenvalue weighted by atomic mass is 16.5. The van der Waals surface area contributed by atoms with Gasteiger partial charge in [0.25, 0.3) is 5.91 Å². The van der Waals surface area contributed by atoms with E-state index in [1.807, 2.05) is 0 Å². The van der Waals surface area contributed by atoms with E-state index in [0.29, 0.717) is 0 Å². The SMILES string of the molecule is COc1cccc(OC)c1C(=O)N[C@H](CO)C(=O)O. The maximum atomic E-state index is 12.0. The predicted octanol–water partition coefficient (Wildman–Crippen LogP) is -0.121. The number of aliphatic hydroxyl groups excluding tert-OH is 1. The number of methoxy groups -OCH3 is 2. The van der Waals surface area contributed by atoms with Gasteiger partial charge in [0, 0.05) is 0 Å². The Morgan fingerprint density at radius 1 is 1.26 bits per heavy atom. The summed E-state index contributed by atoms with van der Waals surface area (Å²) in [6.07, 6.45) is 0. The van der Waals surface area contributed by atoms with Crippen LogP contribution in [0.3, 0.4) is 0 Å². The van der Waals surface area contributed by atoms with Gasteiger partial charge in [-0.25, -0.2) is 4.79 Å². The molecule has 0 heterocycles. The largest absolute Gasteiger partial charge is 0.496 e. The number of carboxylic acid groups (broad SMARTS) is 1. The van der Waals surface area contributed by atoms with E-state index < -0.39 is 24.5 Å². The first-order valence-electron chi connectivity index (χ1n) is 5.40. The highest BCUT2D eigenvalue weighted by molar-refractivity contribution is 6.01. The van der Waals surface area contributed by atoms with Gasteiger partial charge in [0.1, 0.15) is 17.1 Å². The van der Waals surface area contributed by atoms with E-state index in [4.69, 9.17) is 19.7 Å². The fraction of sp³-hybridized carbons (Fsp3) is 0.333. The lowest BCUT2D eigenvalue weighted by molar-refractivity contribution is -0.140. The van der Waals surface area contributed by atoms with Crippen molar-refractivity contribution in [1.82, 2.24) is 5.32 Å². The molecule has 1 amide bonds. The molecule has 0 saturated heterocycles. The first kappa shape index (κ1) is 14.8. The van der Waals surface area contributed by atoms with Crippen LogP contribution in [-0.4, -0.2) is 49.0 Å². The van der Waals surface area contributed by atoms with Gasteiger partial charge in [-0.3, -0.25) is 4.79 Å². The Labute approximate surface area is 109 Å². The summed E-state index contributed by atoms with van der Waals surface area (Å²) in [7, 11) is 2.76. The van der Waals surface area contributed by atoms with Crippen molar-refractivity contribution >= 4 is 11.9 Å². The molecule has 0 spiro atoms. The van der Waals surface area contributed by atoms with Crippen LogP contribution < -0.4 is 14.8 Å². The molecule has 0 aromatic heterocycles. The van der Waals surface area contributed by atoms with E-state index >= 15 is 0 Å². The summed E-state index contributed by atoms with van der Waals surface area (Å²) in [5, 5.41) is 19.9. The molecule has 0 saturated carbocycles. The molecule has 104 valence electrons. The summed E-state index contributed by atoms with van der Waals surface area (Å²) in [6.45, 7) is -0.710. The standard InChI is InChI=1S/C12H15NO6/c1-18-8-4-3-5-9(19-2)10(8)11(15)13-7(6-14)12(16)17/h3-5,7,14H,6H2,1-2H3,(H,13,15)(H,16,17)/t7-/m1/s1. The number of amides is 1. The zero-order valence-corrected chi connectivity index (χ0v) is 10.5. The minimum absolute atomic E-state index is 0.0761. The molecule has 0 fully saturated rings. The number of carboxylic acids is 1. The van der Waals surface area contributed by atoms with E-state index in [2.05, 4.69) is 5.32 Å². The molecule has 0 radical (unpaired) electrons. The molecule has 0 bridgehead atoms. The van der Waals surface area contributed by atoms with Crippen LogP contribution in [-0.2, 0) is 4.79 Å².